The first-order chi connectivity index (χ1) is 14.2. The Hall–Kier alpha value is -2.54. The maximum absolute atomic E-state index is 12.4. The summed E-state index contributed by atoms with van der Waals surface area (Å²) in [4.78, 5) is 23.7. The van der Waals surface area contributed by atoms with Gasteiger partial charge in [-0.15, -0.1) is 11.3 Å². The number of thiazole rings is 1. The third-order valence-electron chi connectivity index (χ3n) is 5.28. The van der Waals surface area contributed by atoms with Crippen LogP contribution >= 0.6 is 11.3 Å². The molecule has 0 radical (unpaired) electrons. The molecule has 2 N–H and O–H groups in total. The highest BCUT2D eigenvalue weighted by molar-refractivity contribution is 7.14. The Kier molecular flexibility index (Phi) is 6.34. The zero-order valence-electron chi connectivity index (χ0n) is 16.1. The molecule has 152 valence electrons. The van der Waals surface area contributed by atoms with E-state index >= 15 is 0 Å². The number of rotatable bonds is 6. The fraction of sp³-hybridized carbons (Fsp3) is 0.500. The van der Waals surface area contributed by atoms with Crippen molar-refractivity contribution in [2.45, 2.75) is 37.8 Å². The van der Waals surface area contributed by atoms with Crippen molar-refractivity contribution in [1.29, 1.82) is 5.26 Å². The molecule has 2 aromatic rings. The third kappa shape index (κ3) is 4.90. The van der Waals surface area contributed by atoms with Gasteiger partial charge in [-0.2, -0.15) is 5.26 Å². The molecule has 29 heavy (non-hydrogen) atoms. The van der Waals surface area contributed by atoms with Gasteiger partial charge in [-0.25, -0.2) is 9.97 Å². The smallest absolute Gasteiger partial charge is 0.271 e. The van der Waals surface area contributed by atoms with Crippen molar-refractivity contribution in [2.24, 2.45) is 0 Å². The highest BCUT2D eigenvalue weighted by atomic mass is 32.1. The number of likely N-dealkylation sites (tertiary alicyclic amines) is 1. The summed E-state index contributed by atoms with van der Waals surface area (Å²) in [7, 11) is 0. The van der Waals surface area contributed by atoms with Gasteiger partial charge < -0.3 is 15.4 Å². The topological polar surface area (TPSA) is 103 Å². The third-order valence-corrected chi connectivity index (χ3v) is 6.04. The van der Waals surface area contributed by atoms with Crippen LogP contribution in [0.2, 0.25) is 0 Å². The SMILES string of the molecule is N#CCN1CCCC1c1cccc(Nc2nc(C(=O)NC3CCOCC3)cs2)n1. The summed E-state index contributed by atoms with van der Waals surface area (Å²) < 4.78 is 5.32. The molecule has 0 spiro atoms. The van der Waals surface area contributed by atoms with E-state index in [1.54, 1.807) is 5.38 Å². The number of hydrogen-bond acceptors (Lipinski definition) is 8. The number of ether oxygens (including phenoxy) is 1. The molecule has 0 saturated carbocycles. The molecule has 9 heteroatoms. The van der Waals surface area contributed by atoms with E-state index in [0.29, 0.717) is 36.4 Å². The maximum Gasteiger partial charge on any atom is 0.271 e. The summed E-state index contributed by atoms with van der Waals surface area (Å²) in [6.45, 7) is 2.71. The first-order valence-electron chi connectivity index (χ1n) is 9.92. The standard InChI is InChI=1S/C20H24N6O2S/c21-8-10-26-9-2-4-17(26)15-3-1-5-18(23-15)25-20-24-16(13-29-20)19(27)22-14-6-11-28-12-7-14/h1,3,5,13-14,17H,2,4,6-7,9-12H2,(H,22,27)(H,23,24,25). The average molecular weight is 413 g/mol. The Bertz CT molecular complexity index is 889. The van der Waals surface area contributed by atoms with Gasteiger partial charge in [-0.05, 0) is 44.4 Å². The summed E-state index contributed by atoms with van der Waals surface area (Å²) >= 11 is 1.38. The number of hydrogen-bond donors (Lipinski definition) is 2. The number of amides is 1. The van der Waals surface area contributed by atoms with E-state index in [9.17, 15) is 4.79 Å². The first-order valence-corrected chi connectivity index (χ1v) is 10.8. The van der Waals surface area contributed by atoms with E-state index in [0.717, 1.165) is 37.9 Å². The molecule has 1 unspecified atom stereocenters. The molecular weight excluding hydrogens is 388 g/mol. The van der Waals surface area contributed by atoms with Gasteiger partial charge in [0.25, 0.3) is 5.91 Å². The molecule has 0 aromatic carbocycles. The lowest BCUT2D eigenvalue weighted by Gasteiger charge is -2.22. The van der Waals surface area contributed by atoms with Crippen LogP contribution in [-0.2, 0) is 4.74 Å². The van der Waals surface area contributed by atoms with Gasteiger partial charge in [0.1, 0.15) is 11.5 Å². The van der Waals surface area contributed by atoms with Crippen molar-refractivity contribution >= 4 is 28.2 Å². The Labute approximate surface area is 173 Å². The molecule has 8 nitrogen and oxygen atoms in total. The van der Waals surface area contributed by atoms with Crippen LogP contribution in [0.5, 0.6) is 0 Å². The van der Waals surface area contributed by atoms with Crippen molar-refractivity contribution < 1.29 is 9.53 Å². The van der Waals surface area contributed by atoms with Crippen molar-refractivity contribution in [3.05, 3.63) is 35.0 Å². The molecule has 4 rings (SSSR count). The van der Waals surface area contributed by atoms with Gasteiger partial charge in [0.05, 0.1) is 24.3 Å². The van der Waals surface area contributed by atoms with E-state index in [1.807, 2.05) is 18.2 Å². The van der Waals surface area contributed by atoms with Gasteiger partial charge in [-0.3, -0.25) is 9.69 Å². The number of anilines is 2. The van der Waals surface area contributed by atoms with Crippen LogP contribution in [-0.4, -0.2) is 53.1 Å². The molecule has 4 heterocycles. The van der Waals surface area contributed by atoms with Gasteiger partial charge in [-0.1, -0.05) is 6.07 Å². The fourth-order valence-electron chi connectivity index (χ4n) is 3.79. The van der Waals surface area contributed by atoms with Crippen LogP contribution < -0.4 is 10.6 Å². The van der Waals surface area contributed by atoms with Crippen molar-refractivity contribution in [3.63, 3.8) is 0 Å². The number of nitriles is 1. The van der Waals surface area contributed by atoms with E-state index in [1.165, 1.54) is 11.3 Å². The second-order valence-corrected chi connectivity index (χ2v) is 8.12. The average Bonchev–Trinajstić information content (AvgIpc) is 3.39. The number of pyridine rings is 1. The summed E-state index contributed by atoms with van der Waals surface area (Å²) in [5.74, 6) is 0.540. The van der Waals surface area contributed by atoms with Crippen LogP contribution in [0.1, 0.15) is 47.9 Å². The van der Waals surface area contributed by atoms with Crippen LogP contribution in [0.3, 0.4) is 0 Å². The normalized spacial score (nSPS) is 20.3. The Morgan fingerprint density at radius 1 is 1.31 bits per heavy atom. The lowest BCUT2D eigenvalue weighted by Crippen LogP contribution is -2.39. The minimum Gasteiger partial charge on any atom is -0.381 e. The fourth-order valence-corrected chi connectivity index (χ4v) is 4.49. The number of carbonyl (C=O) groups excluding carboxylic acids is 1. The maximum atomic E-state index is 12.4. The van der Waals surface area contributed by atoms with Crippen molar-refractivity contribution in [3.8, 4) is 6.07 Å². The highest BCUT2D eigenvalue weighted by Gasteiger charge is 2.27. The second-order valence-electron chi connectivity index (χ2n) is 7.26. The molecule has 1 amide bonds. The number of carbonyl (C=O) groups is 1. The molecule has 2 aromatic heterocycles. The minimum atomic E-state index is -0.152. The van der Waals surface area contributed by atoms with E-state index in [2.05, 4.69) is 26.6 Å². The Morgan fingerprint density at radius 2 is 2.17 bits per heavy atom. The highest BCUT2D eigenvalue weighted by Crippen LogP contribution is 2.31. The van der Waals surface area contributed by atoms with Crippen LogP contribution in [0.15, 0.2) is 23.6 Å². The predicted octanol–water partition coefficient (Wildman–Crippen LogP) is 2.85. The van der Waals surface area contributed by atoms with E-state index in [4.69, 9.17) is 15.0 Å². The molecule has 1 atom stereocenters. The number of nitrogens with one attached hydrogen (secondary N) is 2. The molecule has 2 fully saturated rings. The lowest BCUT2D eigenvalue weighted by molar-refractivity contribution is 0.0694. The molecular formula is C20H24N6O2S. The van der Waals surface area contributed by atoms with Crippen LogP contribution in [0.25, 0.3) is 0 Å². The molecule has 2 aliphatic rings. The van der Waals surface area contributed by atoms with Crippen LogP contribution in [0, 0.1) is 11.3 Å². The summed E-state index contributed by atoms with van der Waals surface area (Å²) in [5.41, 5.74) is 1.37. The quantitative estimate of drug-likeness (QED) is 0.703. The zero-order valence-corrected chi connectivity index (χ0v) is 17.0. The van der Waals surface area contributed by atoms with Crippen LogP contribution in [0.4, 0.5) is 10.9 Å². The van der Waals surface area contributed by atoms with Gasteiger partial charge in [0.2, 0.25) is 0 Å². The Morgan fingerprint density at radius 3 is 3.00 bits per heavy atom. The minimum absolute atomic E-state index is 0.149. The van der Waals surface area contributed by atoms with Gasteiger partial charge in [0, 0.05) is 24.6 Å². The summed E-state index contributed by atoms with van der Waals surface area (Å²) in [6.07, 6.45) is 3.75. The molecule has 0 aliphatic carbocycles. The van der Waals surface area contributed by atoms with Crippen molar-refractivity contribution in [1.82, 2.24) is 20.2 Å². The first kappa shape index (κ1) is 19.8. The monoisotopic (exact) mass is 412 g/mol. The number of aromatic nitrogens is 2. The van der Waals surface area contributed by atoms with E-state index < -0.39 is 0 Å². The predicted molar refractivity (Wildman–Crippen MR) is 110 cm³/mol. The molecule has 2 saturated heterocycles. The van der Waals surface area contributed by atoms with Gasteiger partial charge in [0.15, 0.2) is 5.13 Å². The Balaban J connectivity index is 1.40. The summed E-state index contributed by atoms with van der Waals surface area (Å²) in [5, 5.41) is 17.6. The molecule has 2 aliphatic heterocycles. The van der Waals surface area contributed by atoms with E-state index in [-0.39, 0.29) is 18.0 Å². The zero-order chi connectivity index (χ0) is 20.1. The molecule has 0 bridgehead atoms. The summed E-state index contributed by atoms with van der Waals surface area (Å²) in [6, 6.07) is 8.40. The van der Waals surface area contributed by atoms with Gasteiger partial charge >= 0.3 is 0 Å². The largest absolute Gasteiger partial charge is 0.381 e. The lowest BCUT2D eigenvalue weighted by atomic mass is 10.1. The number of nitrogens with zero attached hydrogens (tertiary/aromatic N) is 4. The second kappa shape index (κ2) is 9.31. The van der Waals surface area contributed by atoms with Crippen molar-refractivity contribution in [2.75, 3.05) is 31.6 Å².